The van der Waals surface area contributed by atoms with Crippen LogP contribution in [0.3, 0.4) is 0 Å². The number of thiophene rings is 1. The van der Waals surface area contributed by atoms with Crippen molar-refractivity contribution in [1.82, 2.24) is 0 Å². The lowest BCUT2D eigenvalue weighted by Crippen LogP contribution is -2.38. The van der Waals surface area contributed by atoms with E-state index in [0.29, 0.717) is 10.6 Å². The molecule has 4 rings (SSSR count). The second-order valence-electron chi connectivity index (χ2n) is 8.54. The molecule has 0 radical (unpaired) electrons. The molecule has 1 N–H and O–H groups in total. The van der Waals surface area contributed by atoms with E-state index in [2.05, 4.69) is 5.32 Å². The van der Waals surface area contributed by atoms with Gasteiger partial charge in [0, 0.05) is 11.3 Å². The number of aryl methyl sites for hydroxylation is 1. The summed E-state index contributed by atoms with van der Waals surface area (Å²) in [6, 6.07) is 6.23. The first-order valence-corrected chi connectivity index (χ1v) is 13.8. The van der Waals surface area contributed by atoms with Gasteiger partial charge in [-0.05, 0) is 57.2 Å². The first-order chi connectivity index (χ1) is 16.2. The molecule has 182 valence electrons. The Kier molecular flexibility index (Phi) is 7.09. The minimum absolute atomic E-state index is 0.0381. The summed E-state index contributed by atoms with van der Waals surface area (Å²) >= 11 is 1.38. The Morgan fingerprint density at radius 3 is 2.68 bits per heavy atom. The monoisotopic (exact) mass is 504 g/mol. The molecular formula is C24H28N2O6S2. The van der Waals surface area contributed by atoms with Gasteiger partial charge in [-0.15, -0.1) is 11.3 Å². The van der Waals surface area contributed by atoms with Crippen LogP contribution in [0.4, 0.5) is 10.7 Å². The number of carbonyl (C=O) groups excluding carboxylic acids is 3. The van der Waals surface area contributed by atoms with Crippen molar-refractivity contribution in [1.29, 1.82) is 0 Å². The van der Waals surface area contributed by atoms with Crippen LogP contribution in [0.25, 0.3) is 0 Å². The predicted molar refractivity (Wildman–Crippen MR) is 130 cm³/mol. The fraction of sp³-hybridized carbons (Fsp3) is 0.458. The number of esters is 1. The van der Waals surface area contributed by atoms with E-state index < -0.39 is 32.9 Å². The highest BCUT2D eigenvalue weighted by molar-refractivity contribution is 7.92. The SMILES string of the molecule is CCOC(=O)c1c(NC(=O)CN2C(=O)CC(C)S(=O)(=O)c3ccccc32)sc2c1CCCCC2. The smallest absolute Gasteiger partial charge is 0.341 e. The number of benzene rings is 1. The third kappa shape index (κ3) is 4.61. The van der Waals surface area contributed by atoms with Crippen LogP contribution in [-0.2, 0) is 37.0 Å². The Balaban J connectivity index is 1.64. The number of nitrogens with one attached hydrogen (secondary N) is 1. The lowest BCUT2D eigenvalue weighted by Gasteiger charge is -2.21. The molecule has 0 saturated carbocycles. The maximum absolute atomic E-state index is 13.1. The van der Waals surface area contributed by atoms with E-state index in [4.69, 9.17) is 4.74 Å². The second kappa shape index (κ2) is 9.87. The first-order valence-electron chi connectivity index (χ1n) is 11.5. The highest BCUT2D eigenvalue weighted by atomic mass is 32.2. The number of hydrogen-bond donors (Lipinski definition) is 1. The lowest BCUT2D eigenvalue weighted by molar-refractivity contribution is -0.121. The second-order valence-corrected chi connectivity index (χ2v) is 12.0. The Hall–Kier alpha value is -2.72. The van der Waals surface area contributed by atoms with Crippen LogP contribution in [0.1, 0.15) is 60.3 Å². The van der Waals surface area contributed by atoms with Gasteiger partial charge in [0.05, 0.1) is 28.0 Å². The van der Waals surface area contributed by atoms with E-state index in [1.807, 2.05) is 0 Å². The molecule has 0 bridgehead atoms. The van der Waals surface area contributed by atoms with Crippen molar-refractivity contribution < 1.29 is 27.5 Å². The van der Waals surface area contributed by atoms with Crippen molar-refractivity contribution in [3.8, 4) is 0 Å². The molecule has 2 aliphatic rings. The molecule has 10 heteroatoms. The summed E-state index contributed by atoms with van der Waals surface area (Å²) in [5.41, 5.74) is 1.53. The summed E-state index contributed by atoms with van der Waals surface area (Å²) in [5, 5.41) is 2.35. The number of para-hydroxylation sites is 1. The summed E-state index contributed by atoms with van der Waals surface area (Å²) in [6.07, 6.45) is 4.46. The lowest BCUT2D eigenvalue weighted by atomic mass is 10.1. The Labute approximate surface area is 203 Å². The average Bonchev–Trinajstić information content (AvgIpc) is 2.93. The van der Waals surface area contributed by atoms with Crippen LogP contribution in [0, 0.1) is 0 Å². The van der Waals surface area contributed by atoms with Crippen LogP contribution < -0.4 is 10.2 Å². The molecular weight excluding hydrogens is 476 g/mol. The van der Waals surface area contributed by atoms with E-state index in [1.165, 1.54) is 35.3 Å². The summed E-state index contributed by atoms with van der Waals surface area (Å²) in [7, 11) is -3.70. The molecule has 2 aromatic rings. The molecule has 1 unspecified atom stereocenters. The third-order valence-corrected chi connectivity index (χ3v) is 9.60. The fourth-order valence-corrected chi connectivity index (χ4v) is 7.30. The molecule has 1 aliphatic carbocycles. The number of sulfone groups is 1. The van der Waals surface area contributed by atoms with Gasteiger partial charge in [-0.1, -0.05) is 18.6 Å². The minimum atomic E-state index is -3.70. The zero-order chi connectivity index (χ0) is 24.5. The number of anilines is 2. The third-order valence-electron chi connectivity index (χ3n) is 6.21. The van der Waals surface area contributed by atoms with Gasteiger partial charge in [0.1, 0.15) is 11.5 Å². The fourth-order valence-electron chi connectivity index (χ4n) is 4.47. The number of amides is 2. The number of fused-ring (bicyclic) bond motifs is 2. The molecule has 8 nitrogen and oxygen atoms in total. The number of nitrogens with zero attached hydrogens (tertiary/aromatic N) is 1. The average molecular weight is 505 g/mol. The molecule has 0 fully saturated rings. The molecule has 1 aromatic carbocycles. The molecule has 0 spiro atoms. The van der Waals surface area contributed by atoms with Crippen LogP contribution in [0.5, 0.6) is 0 Å². The van der Waals surface area contributed by atoms with Gasteiger partial charge in [0.25, 0.3) is 0 Å². The van der Waals surface area contributed by atoms with Crippen molar-refractivity contribution >= 4 is 49.6 Å². The zero-order valence-electron chi connectivity index (χ0n) is 19.3. The van der Waals surface area contributed by atoms with Crippen molar-refractivity contribution in [3.05, 3.63) is 40.3 Å². The maximum atomic E-state index is 13.1. The van der Waals surface area contributed by atoms with E-state index in [-0.39, 0.29) is 30.2 Å². The normalized spacial score (nSPS) is 19.4. The number of ether oxygens (including phenoxy) is 1. The summed E-state index contributed by atoms with van der Waals surface area (Å²) in [6.45, 7) is 3.10. The van der Waals surface area contributed by atoms with Gasteiger partial charge in [0.2, 0.25) is 11.8 Å². The predicted octanol–water partition coefficient (Wildman–Crippen LogP) is 3.73. The van der Waals surface area contributed by atoms with Gasteiger partial charge in [-0.3, -0.25) is 9.59 Å². The number of rotatable bonds is 5. The molecule has 2 heterocycles. The van der Waals surface area contributed by atoms with Crippen molar-refractivity contribution in [2.45, 2.75) is 62.5 Å². The number of carbonyl (C=O) groups is 3. The van der Waals surface area contributed by atoms with Gasteiger partial charge in [-0.25, -0.2) is 13.2 Å². The van der Waals surface area contributed by atoms with Crippen LogP contribution in [0.2, 0.25) is 0 Å². The zero-order valence-corrected chi connectivity index (χ0v) is 20.9. The van der Waals surface area contributed by atoms with E-state index in [9.17, 15) is 22.8 Å². The highest BCUT2D eigenvalue weighted by Crippen LogP contribution is 2.38. The van der Waals surface area contributed by atoms with Crippen LogP contribution in [0.15, 0.2) is 29.2 Å². The molecule has 34 heavy (non-hydrogen) atoms. The summed E-state index contributed by atoms with van der Waals surface area (Å²) in [5.74, 6) is -1.41. The van der Waals surface area contributed by atoms with E-state index in [1.54, 1.807) is 19.1 Å². The quantitative estimate of drug-likeness (QED) is 0.491. The standard InChI is InChI=1S/C24H28N2O6S2/c1-3-32-24(29)22-16-9-5-4-6-11-18(16)33-23(22)25-20(27)14-26-17-10-7-8-12-19(17)34(30,31)15(2)13-21(26)28/h7-8,10,12,15H,3-6,9,11,13-14H2,1-2H3,(H,25,27). The molecule has 1 aromatic heterocycles. The van der Waals surface area contributed by atoms with Gasteiger partial charge >= 0.3 is 5.97 Å². The first kappa shape index (κ1) is 24.4. The highest BCUT2D eigenvalue weighted by Gasteiger charge is 2.37. The van der Waals surface area contributed by atoms with Gasteiger partial charge < -0.3 is 15.0 Å². The minimum Gasteiger partial charge on any atom is -0.462 e. The van der Waals surface area contributed by atoms with Crippen LogP contribution in [-0.4, -0.2) is 44.6 Å². The summed E-state index contributed by atoms with van der Waals surface area (Å²) in [4.78, 5) is 41.1. The number of hydrogen-bond acceptors (Lipinski definition) is 7. The Bertz CT molecular complexity index is 1230. The molecule has 1 atom stereocenters. The van der Waals surface area contributed by atoms with Crippen molar-refractivity contribution in [3.63, 3.8) is 0 Å². The van der Waals surface area contributed by atoms with E-state index in [0.717, 1.165) is 42.5 Å². The Morgan fingerprint density at radius 2 is 1.91 bits per heavy atom. The van der Waals surface area contributed by atoms with Crippen LogP contribution >= 0.6 is 11.3 Å². The van der Waals surface area contributed by atoms with Crippen molar-refractivity contribution in [2.24, 2.45) is 0 Å². The maximum Gasteiger partial charge on any atom is 0.341 e. The summed E-state index contributed by atoms with van der Waals surface area (Å²) < 4.78 is 31.0. The van der Waals surface area contributed by atoms with Gasteiger partial charge in [-0.2, -0.15) is 0 Å². The van der Waals surface area contributed by atoms with Gasteiger partial charge in [0.15, 0.2) is 9.84 Å². The molecule has 0 saturated heterocycles. The topological polar surface area (TPSA) is 110 Å². The molecule has 2 amide bonds. The molecule has 1 aliphatic heterocycles. The van der Waals surface area contributed by atoms with Crippen molar-refractivity contribution in [2.75, 3.05) is 23.4 Å². The largest absolute Gasteiger partial charge is 0.462 e. The Morgan fingerprint density at radius 1 is 1.18 bits per heavy atom. The van der Waals surface area contributed by atoms with E-state index >= 15 is 0 Å².